The topological polar surface area (TPSA) is 33.2 Å². The molecule has 0 spiro atoms. The van der Waals surface area contributed by atoms with Crippen molar-refractivity contribution in [2.45, 2.75) is 31.8 Å². The van der Waals surface area contributed by atoms with Gasteiger partial charge in [0.25, 0.3) is 0 Å². The van der Waals surface area contributed by atoms with Crippen LogP contribution in [0.15, 0.2) is 11.6 Å². The van der Waals surface area contributed by atoms with Gasteiger partial charge in [0.15, 0.2) is 0 Å². The van der Waals surface area contributed by atoms with E-state index in [1.54, 1.807) is 17.5 Å². The number of halogens is 1. The lowest BCUT2D eigenvalue weighted by Gasteiger charge is -2.27. The Balaban J connectivity index is 2.14. The van der Waals surface area contributed by atoms with Crippen LogP contribution >= 0.6 is 22.9 Å². The standard InChI is InChI=1S/C10H13ClN2OS/c1-7(10-12-4-5-15-10)13(8-2-3-8)9(14)6-11/h4-5,7-8H,2-3,6H2,1H3. The van der Waals surface area contributed by atoms with Crippen LogP contribution in [0.25, 0.3) is 0 Å². The number of nitrogens with zero attached hydrogens (tertiary/aromatic N) is 2. The molecule has 2 rings (SSSR count). The lowest BCUT2D eigenvalue weighted by molar-refractivity contribution is -0.131. The van der Waals surface area contributed by atoms with Gasteiger partial charge in [-0.15, -0.1) is 22.9 Å². The molecular weight excluding hydrogens is 232 g/mol. The maximum Gasteiger partial charge on any atom is 0.238 e. The van der Waals surface area contributed by atoms with Crippen molar-refractivity contribution in [3.05, 3.63) is 16.6 Å². The van der Waals surface area contributed by atoms with Crippen LogP contribution in [-0.4, -0.2) is 27.7 Å². The smallest absolute Gasteiger partial charge is 0.238 e. The molecule has 1 atom stereocenters. The second-order valence-corrected chi connectivity index (χ2v) is 4.91. The number of aromatic nitrogens is 1. The molecule has 1 heterocycles. The van der Waals surface area contributed by atoms with Crippen LogP contribution < -0.4 is 0 Å². The van der Waals surface area contributed by atoms with Crippen LogP contribution in [-0.2, 0) is 4.79 Å². The third kappa shape index (κ3) is 2.32. The molecular formula is C10H13ClN2OS. The fourth-order valence-electron chi connectivity index (χ4n) is 1.72. The van der Waals surface area contributed by atoms with Gasteiger partial charge in [0, 0.05) is 17.6 Å². The van der Waals surface area contributed by atoms with Gasteiger partial charge in [-0.05, 0) is 19.8 Å². The first kappa shape index (κ1) is 10.9. The monoisotopic (exact) mass is 244 g/mol. The molecule has 1 saturated carbocycles. The Bertz CT molecular complexity index is 337. The van der Waals surface area contributed by atoms with E-state index in [2.05, 4.69) is 4.98 Å². The molecule has 0 N–H and O–H groups in total. The van der Waals surface area contributed by atoms with E-state index in [1.807, 2.05) is 17.2 Å². The van der Waals surface area contributed by atoms with E-state index in [4.69, 9.17) is 11.6 Å². The van der Waals surface area contributed by atoms with Crippen molar-refractivity contribution >= 4 is 28.8 Å². The molecule has 1 aliphatic rings. The summed E-state index contributed by atoms with van der Waals surface area (Å²) in [4.78, 5) is 17.8. The fourth-order valence-corrected chi connectivity index (χ4v) is 2.55. The van der Waals surface area contributed by atoms with E-state index < -0.39 is 0 Å². The predicted molar refractivity (Wildman–Crippen MR) is 61.1 cm³/mol. The number of amides is 1. The van der Waals surface area contributed by atoms with Crippen LogP contribution in [0.4, 0.5) is 0 Å². The molecule has 15 heavy (non-hydrogen) atoms. The maximum atomic E-state index is 11.7. The summed E-state index contributed by atoms with van der Waals surface area (Å²) < 4.78 is 0. The molecule has 1 aliphatic carbocycles. The summed E-state index contributed by atoms with van der Waals surface area (Å²) in [5.41, 5.74) is 0. The average Bonchev–Trinajstić information content (AvgIpc) is 2.92. The van der Waals surface area contributed by atoms with Crippen LogP contribution in [0.1, 0.15) is 30.8 Å². The highest BCUT2D eigenvalue weighted by molar-refractivity contribution is 7.09. The molecule has 1 aromatic rings. The molecule has 0 aromatic carbocycles. The van der Waals surface area contributed by atoms with E-state index in [9.17, 15) is 4.79 Å². The average molecular weight is 245 g/mol. The van der Waals surface area contributed by atoms with Crippen LogP contribution in [0.5, 0.6) is 0 Å². The number of rotatable bonds is 4. The summed E-state index contributed by atoms with van der Waals surface area (Å²) in [6.45, 7) is 2.02. The quantitative estimate of drug-likeness (QED) is 0.763. The number of carbonyl (C=O) groups excluding carboxylic acids is 1. The van der Waals surface area contributed by atoms with E-state index in [0.717, 1.165) is 17.8 Å². The number of hydrogen-bond acceptors (Lipinski definition) is 3. The zero-order chi connectivity index (χ0) is 10.8. The lowest BCUT2D eigenvalue weighted by atomic mass is 10.3. The number of carbonyl (C=O) groups is 1. The minimum atomic E-state index is 0.0156. The summed E-state index contributed by atoms with van der Waals surface area (Å²) in [7, 11) is 0. The van der Waals surface area contributed by atoms with Gasteiger partial charge >= 0.3 is 0 Å². The van der Waals surface area contributed by atoms with E-state index in [-0.39, 0.29) is 17.8 Å². The molecule has 0 radical (unpaired) electrons. The van der Waals surface area contributed by atoms with Crippen molar-refractivity contribution in [2.24, 2.45) is 0 Å². The lowest BCUT2D eigenvalue weighted by Crippen LogP contribution is -2.36. The Labute approximate surface area is 98.1 Å². The zero-order valence-electron chi connectivity index (χ0n) is 8.52. The molecule has 1 unspecified atom stereocenters. The van der Waals surface area contributed by atoms with Crippen molar-refractivity contribution in [3.63, 3.8) is 0 Å². The van der Waals surface area contributed by atoms with Crippen LogP contribution in [0.2, 0.25) is 0 Å². The Hall–Kier alpha value is -0.610. The second-order valence-electron chi connectivity index (χ2n) is 3.71. The molecule has 0 bridgehead atoms. The second kappa shape index (κ2) is 4.49. The van der Waals surface area contributed by atoms with Gasteiger partial charge in [0.1, 0.15) is 10.9 Å². The highest BCUT2D eigenvalue weighted by Crippen LogP contribution is 2.34. The Morgan fingerprint density at radius 1 is 1.80 bits per heavy atom. The van der Waals surface area contributed by atoms with Crippen molar-refractivity contribution in [3.8, 4) is 0 Å². The molecule has 5 heteroatoms. The normalized spacial score (nSPS) is 17.5. The molecule has 0 saturated heterocycles. The highest BCUT2D eigenvalue weighted by Gasteiger charge is 2.36. The van der Waals surface area contributed by atoms with Crippen molar-refractivity contribution in [1.82, 2.24) is 9.88 Å². The molecule has 0 aliphatic heterocycles. The number of hydrogen-bond donors (Lipinski definition) is 0. The maximum absolute atomic E-state index is 11.7. The van der Waals surface area contributed by atoms with E-state index >= 15 is 0 Å². The largest absolute Gasteiger partial charge is 0.329 e. The molecule has 3 nitrogen and oxygen atoms in total. The highest BCUT2D eigenvalue weighted by atomic mass is 35.5. The van der Waals surface area contributed by atoms with Crippen molar-refractivity contribution in [1.29, 1.82) is 0 Å². The van der Waals surface area contributed by atoms with Crippen LogP contribution in [0.3, 0.4) is 0 Å². The van der Waals surface area contributed by atoms with Gasteiger partial charge < -0.3 is 4.90 Å². The summed E-state index contributed by atoms with van der Waals surface area (Å²) in [5, 5.41) is 2.92. The minimum Gasteiger partial charge on any atom is -0.329 e. The van der Waals surface area contributed by atoms with Gasteiger partial charge in [-0.1, -0.05) is 0 Å². The van der Waals surface area contributed by atoms with E-state index in [0.29, 0.717) is 6.04 Å². The number of alkyl halides is 1. The summed E-state index contributed by atoms with van der Waals surface area (Å²) in [5.74, 6) is 0.0773. The fraction of sp³-hybridized carbons (Fsp3) is 0.600. The van der Waals surface area contributed by atoms with Crippen LogP contribution in [0, 0.1) is 0 Å². The molecule has 1 amide bonds. The van der Waals surface area contributed by atoms with Gasteiger partial charge in [0.05, 0.1) is 6.04 Å². The molecule has 82 valence electrons. The Morgan fingerprint density at radius 2 is 2.53 bits per heavy atom. The zero-order valence-corrected chi connectivity index (χ0v) is 10.1. The first-order chi connectivity index (χ1) is 7.24. The third-order valence-corrected chi connectivity index (χ3v) is 3.74. The van der Waals surface area contributed by atoms with Gasteiger partial charge in [0.2, 0.25) is 5.91 Å². The summed E-state index contributed by atoms with van der Waals surface area (Å²) in [6, 6.07) is 0.443. The number of thiazole rings is 1. The summed E-state index contributed by atoms with van der Waals surface area (Å²) >= 11 is 7.20. The predicted octanol–water partition coefficient (Wildman–Crippen LogP) is 2.43. The third-order valence-electron chi connectivity index (χ3n) is 2.57. The van der Waals surface area contributed by atoms with Crippen molar-refractivity contribution < 1.29 is 4.79 Å². The first-order valence-corrected chi connectivity index (χ1v) is 6.42. The van der Waals surface area contributed by atoms with E-state index in [1.165, 1.54) is 0 Å². The minimum absolute atomic E-state index is 0.0156. The van der Waals surface area contributed by atoms with Gasteiger partial charge in [-0.3, -0.25) is 4.79 Å². The van der Waals surface area contributed by atoms with Gasteiger partial charge in [-0.2, -0.15) is 0 Å². The van der Waals surface area contributed by atoms with Gasteiger partial charge in [-0.25, -0.2) is 4.98 Å². The SMILES string of the molecule is CC(c1nccs1)N(C(=O)CCl)C1CC1. The Morgan fingerprint density at radius 3 is 3.00 bits per heavy atom. The summed E-state index contributed by atoms with van der Waals surface area (Å²) in [6.07, 6.45) is 3.96. The van der Waals surface area contributed by atoms with Crippen molar-refractivity contribution in [2.75, 3.05) is 5.88 Å². The molecule has 1 aromatic heterocycles. The first-order valence-electron chi connectivity index (χ1n) is 5.00. The molecule has 1 fully saturated rings. The Kier molecular flexibility index (Phi) is 3.26.